The van der Waals surface area contributed by atoms with Crippen LogP contribution in [0.4, 0.5) is 4.39 Å². The molecule has 0 saturated carbocycles. The molecule has 0 aliphatic heterocycles. The fourth-order valence-corrected chi connectivity index (χ4v) is 0.775. The van der Waals surface area contributed by atoms with Crippen molar-refractivity contribution in [2.45, 2.75) is 4.84 Å². The van der Waals surface area contributed by atoms with Crippen LogP contribution in [-0.2, 0) is 0 Å². The third-order valence-corrected chi connectivity index (χ3v) is 1.51. The molecule has 0 atom stereocenters. The molecule has 1 aromatic rings. The van der Waals surface area contributed by atoms with Crippen molar-refractivity contribution in [3.05, 3.63) is 29.8 Å². The molecule has 0 aliphatic carbocycles. The molecular formula is C6H4Cl2FN. The summed E-state index contributed by atoms with van der Waals surface area (Å²) in [5, 5.41) is 0. The van der Waals surface area contributed by atoms with Gasteiger partial charge in [-0.1, -0.05) is 6.07 Å². The summed E-state index contributed by atoms with van der Waals surface area (Å²) in [4.78, 5) is 2.73. The molecule has 0 saturated heterocycles. The van der Waals surface area contributed by atoms with Gasteiger partial charge in [0.2, 0.25) is 5.95 Å². The van der Waals surface area contributed by atoms with Crippen LogP contribution in [0.3, 0.4) is 0 Å². The van der Waals surface area contributed by atoms with E-state index in [1.54, 1.807) is 0 Å². The maximum atomic E-state index is 12.2. The van der Waals surface area contributed by atoms with E-state index in [1.807, 2.05) is 0 Å². The second-order valence-electron chi connectivity index (χ2n) is 1.71. The molecule has 0 aromatic carbocycles. The van der Waals surface area contributed by atoms with Crippen LogP contribution in [0.1, 0.15) is 10.4 Å². The lowest BCUT2D eigenvalue weighted by molar-refractivity contribution is 0.582. The molecule has 4 heteroatoms. The summed E-state index contributed by atoms with van der Waals surface area (Å²) in [5.74, 6) is -0.530. The zero-order valence-electron chi connectivity index (χ0n) is 4.89. The first-order chi connectivity index (χ1) is 4.70. The fourth-order valence-electron chi connectivity index (χ4n) is 0.516. The minimum Gasteiger partial charge on any atom is -0.228 e. The quantitative estimate of drug-likeness (QED) is 0.478. The van der Waals surface area contributed by atoms with Crippen LogP contribution in [0.15, 0.2) is 18.3 Å². The predicted molar refractivity (Wildman–Crippen MR) is 38.6 cm³/mol. The molecule has 1 rings (SSSR count). The van der Waals surface area contributed by atoms with Crippen molar-refractivity contribution in [2.24, 2.45) is 0 Å². The molecule has 1 nitrogen and oxygen atoms in total. The predicted octanol–water partition coefficient (Wildman–Crippen LogP) is 2.70. The van der Waals surface area contributed by atoms with Crippen molar-refractivity contribution in [1.29, 1.82) is 0 Å². The summed E-state index contributed by atoms with van der Waals surface area (Å²) in [6.45, 7) is 0. The number of nitrogens with zero attached hydrogens (tertiary/aromatic N) is 1. The molecule has 0 amide bonds. The summed E-state index contributed by atoms with van der Waals surface area (Å²) in [6, 6.07) is 2.71. The number of pyridine rings is 1. The minimum absolute atomic E-state index is 0.530. The average molecular weight is 180 g/mol. The Morgan fingerprint density at radius 1 is 1.40 bits per heavy atom. The Morgan fingerprint density at radius 3 is 2.50 bits per heavy atom. The van der Waals surface area contributed by atoms with Crippen LogP contribution in [0.5, 0.6) is 0 Å². The maximum absolute atomic E-state index is 12.2. The topological polar surface area (TPSA) is 12.9 Å². The first-order valence-electron chi connectivity index (χ1n) is 2.60. The highest BCUT2D eigenvalue weighted by molar-refractivity contribution is 6.44. The van der Waals surface area contributed by atoms with E-state index in [9.17, 15) is 4.39 Å². The first kappa shape index (κ1) is 7.76. The van der Waals surface area contributed by atoms with Crippen molar-refractivity contribution in [3.8, 4) is 0 Å². The highest BCUT2D eigenvalue weighted by Crippen LogP contribution is 2.23. The van der Waals surface area contributed by atoms with Crippen molar-refractivity contribution < 1.29 is 4.39 Å². The number of hydrogen-bond donors (Lipinski definition) is 0. The Bertz CT molecular complexity index is 209. The van der Waals surface area contributed by atoms with E-state index in [-0.39, 0.29) is 0 Å². The minimum atomic E-state index is -0.631. The van der Waals surface area contributed by atoms with Gasteiger partial charge in [-0.3, -0.25) is 0 Å². The van der Waals surface area contributed by atoms with Gasteiger partial charge in [0.15, 0.2) is 0 Å². The van der Waals surface area contributed by atoms with Crippen LogP contribution in [0, 0.1) is 5.95 Å². The van der Waals surface area contributed by atoms with Gasteiger partial charge in [0.25, 0.3) is 0 Å². The maximum Gasteiger partial charge on any atom is 0.212 e. The van der Waals surface area contributed by atoms with E-state index in [0.717, 1.165) is 0 Å². The molecule has 54 valence electrons. The lowest BCUT2D eigenvalue weighted by atomic mass is 10.3. The van der Waals surface area contributed by atoms with E-state index in [0.29, 0.717) is 5.56 Å². The monoisotopic (exact) mass is 179 g/mol. The molecule has 0 N–H and O–H groups in total. The Kier molecular flexibility index (Phi) is 2.46. The molecule has 0 unspecified atom stereocenters. The zero-order valence-corrected chi connectivity index (χ0v) is 6.40. The van der Waals surface area contributed by atoms with Crippen molar-refractivity contribution in [1.82, 2.24) is 4.98 Å². The zero-order chi connectivity index (χ0) is 7.56. The number of halogens is 3. The molecule has 10 heavy (non-hydrogen) atoms. The second kappa shape index (κ2) is 3.17. The van der Waals surface area contributed by atoms with Gasteiger partial charge in [-0.15, -0.1) is 23.2 Å². The Morgan fingerprint density at radius 2 is 2.10 bits per heavy atom. The van der Waals surface area contributed by atoms with Gasteiger partial charge < -0.3 is 0 Å². The molecule has 0 aliphatic rings. The molecule has 0 radical (unpaired) electrons. The van der Waals surface area contributed by atoms with E-state index < -0.39 is 10.8 Å². The lowest BCUT2D eigenvalue weighted by Gasteiger charge is -1.97. The van der Waals surface area contributed by atoms with Crippen LogP contribution in [0.2, 0.25) is 0 Å². The van der Waals surface area contributed by atoms with Crippen LogP contribution in [-0.4, -0.2) is 4.98 Å². The Balaban J connectivity index is 2.89. The molecule has 1 heterocycles. The van der Waals surface area contributed by atoms with Gasteiger partial charge in [-0.05, 0) is 6.07 Å². The molecule has 0 fully saturated rings. The standard InChI is InChI=1S/C6H4Cl2FN/c7-6(8)4-1-2-5(9)10-3-4/h1-3,6H. The van der Waals surface area contributed by atoms with Crippen molar-refractivity contribution >= 4 is 23.2 Å². The van der Waals surface area contributed by atoms with Crippen LogP contribution in [0.25, 0.3) is 0 Å². The summed E-state index contributed by atoms with van der Waals surface area (Å²) in [5.41, 5.74) is 0.602. The largest absolute Gasteiger partial charge is 0.228 e. The number of rotatable bonds is 1. The highest BCUT2D eigenvalue weighted by Gasteiger charge is 2.02. The summed E-state index contributed by atoms with van der Waals surface area (Å²) in [6.07, 6.45) is 1.31. The van der Waals surface area contributed by atoms with E-state index in [1.165, 1.54) is 18.3 Å². The highest BCUT2D eigenvalue weighted by atomic mass is 35.5. The third kappa shape index (κ3) is 1.82. The number of alkyl halides is 2. The van der Waals surface area contributed by atoms with Crippen LogP contribution >= 0.6 is 23.2 Å². The SMILES string of the molecule is Fc1ccc(C(Cl)Cl)cn1. The second-order valence-corrected chi connectivity index (χ2v) is 2.81. The first-order valence-corrected chi connectivity index (χ1v) is 3.47. The molecular weight excluding hydrogens is 176 g/mol. The molecule has 0 spiro atoms. The third-order valence-electron chi connectivity index (χ3n) is 1.00. The van der Waals surface area contributed by atoms with Gasteiger partial charge in [-0.25, -0.2) is 4.98 Å². The van der Waals surface area contributed by atoms with E-state index in [4.69, 9.17) is 23.2 Å². The van der Waals surface area contributed by atoms with Crippen LogP contribution < -0.4 is 0 Å². The normalized spacial score (nSPS) is 10.4. The van der Waals surface area contributed by atoms with E-state index >= 15 is 0 Å². The van der Waals surface area contributed by atoms with Gasteiger partial charge in [-0.2, -0.15) is 4.39 Å². The van der Waals surface area contributed by atoms with Crippen molar-refractivity contribution in [3.63, 3.8) is 0 Å². The molecule has 1 aromatic heterocycles. The summed E-state index contributed by atoms with van der Waals surface area (Å²) >= 11 is 10.9. The Hall–Kier alpha value is -0.340. The van der Waals surface area contributed by atoms with Gasteiger partial charge in [0.05, 0.1) is 0 Å². The summed E-state index contributed by atoms with van der Waals surface area (Å²) in [7, 11) is 0. The fraction of sp³-hybridized carbons (Fsp3) is 0.167. The Labute approximate surface area is 67.8 Å². The lowest BCUT2D eigenvalue weighted by Crippen LogP contribution is -1.85. The van der Waals surface area contributed by atoms with Gasteiger partial charge in [0.1, 0.15) is 4.84 Å². The smallest absolute Gasteiger partial charge is 0.212 e. The van der Waals surface area contributed by atoms with Crippen molar-refractivity contribution in [2.75, 3.05) is 0 Å². The van der Waals surface area contributed by atoms with E-state index in [2.05, 4.69) is 4.98 Å². The number of aromatic nitrogens is 1. The van der Waals surface area contributed by atoms with Gasteiger partial charge >= 0.3 is 0 Å². The average Bonchev–Trinajstić information content (AvgIpc) is 1.88. The molecule has 0 bridgehead atoms. The number of hydrogen-bond acceptors (Lipinski definition) is 1. The summed E-state index contributed by atoms with van der Waals surface area (Å²) < 4.78 is 12.2. The van der Waals surface area contributed by atoms with Gasteiger partial charge in [0, 0.05) is 11.8 Å².